The van der Waals surface area contributed by atoms with Crippen molar-refractivity contribution in [1.29, 1.82) is 0 Å². The molecule has 0 saturated carbocycles. The SMILES string of the molecule is CN1CN(c2cccc([Si](c3ccccc3)(c3ccccc3)c3ccc4c5ccc6c(c7ccccc7n6-c6ccccc6)c5n(-c5ccccn5)c4c3)c2)c2ccccc21. The van der Waals surface area contributed by atoms with E-state index < -0.39 is 8.07 Å². The van der Waals surface area contributed by atoms with Crippen LogP contribution in [0.3, 0.4) is 0 Å². The number of hydrogen-bond acceptors (Lipinski definition) is 3. The van der Waals surface area contributed by atoms with Gasteiger partial charge in [-0.15, -0.1) is 0 Å². The highest BCUT2D eigenvalue weighted by Crippen LogP contribution is 2.42. The normalized spacial score (nSPS) is 12.9. The Balaban J connectivity index is 1.19. The van der Waals surface area contributed by atoms with Gasteiger partial charge in [-0.05, 0) is 87.5 Å². The summed E-state index contributed by atoms with van der Waals surface area (Å²) in [7, 11) is -0.817. The van der Waals surface area contributed by atoms with Crippen LogP contribution in [-0.2, 0) is 0 Å². The second-order valence-electron chi connectivity index (χ2n) is 16.1. The van der Waals surface area contributed by atoms with Gasteiger partial charge in [0.25, 0.3) is 0 Å². The Labute approximate surface area is 355 Å². The number of nitrogens with zero attached hydrogens (tertiary/aromatic N) is 5. The number of pyridine rings is 1. The third kappa shape index (κ3) is 5.29. The first-order chi connectivity index (χ1) is 30.2. The number of anilines is 3. The van der Waals surface area contributed by atoms with E-state index in [9.17, 15) is 0 Å². The third-order valence-electron chi connectivity index (χ3n) is 12.8. The summed E-state index contributed by atoms with van der Waals surface area (Å²) in [6.45, 7) is 0.791. The Morgan fingerprint density at radius 2 is 1.05 bits per heavy atom. The fourth-order valence-corrected chi connectivity index (χ4v) is 15.0. The van der Waals surface area contributed by atoms with Gasteiger partial charge >= 0.3 is 0 Å². The van der Waals surface area contributed by atoms with Gasteiger partial charge in [0.1, 0.15) is 5.82 Å². The highest BCUT2D eigenvalue weighted by molar-refractivity contribution is 7.20. The second kappa shape index (κ2) is 14.0. The van der Waals surface area contributed by atoms with Crippen LogP contribution in [0.4, 0.5) is 17.1 Å². The minimum Gasteiger partial charge on any atom is -0.355 e. The molecule has 290 valence electrons. The molecule has 0 saturated heterocycles. The molecule has 11 aromatic rings. The molecule has 1 aliphatic heterocycles. The van der Waals surface area contributed by atoms with E-state index in [1.54, 1.807) is 0 Å². The molecule has 0 bridgehead atoms. The van der Waals surface area contributed by atoms with E-state index in [4.69, 9.17) is 4.98 Å². The molecule has 12 rings (SSSR count). The fourth-order valence-electron chi connectivity index (χ4n) is 10.3. The minimum absolute atomic E-state index is 0.791. The molecule has 0 atom stereocenters. The molecule has 5 nitrogen and oxygen atoms in total. The van der Waals surface area contributed by atoms with E-state index in [1.165, 1.54) is 75.9 Å². The lowest BCUT2D eigenvalue weighted by atomic mass is 10.1. The van der Waals surface area contributed by atoms with Crippen molar-refractivity contribution >= 4 is 89.5 Å². The average Bonchev–Trinajstić information content (AvgIpc) is 3.97. The lowest BCUT2D eigenvalue weighted by Gasteiger charge is -2.35. The number of rotatable bonds is 7. The maximum Gasteiger partial charge on any atom is 0.179 e. The van der Waals surface area contributed by atoms with Crippen LogP contribution in [0.25, 0.3) is 55.1 Å². The molecule has 1 aliphatic rings. The standard InChI is InChI=1S/C55H41N5Si/c1-57-38-58(50-29-14-13-28-49(50)57)40-20-17-25-43(36-40)61(41-21-7-3-8-22-41,42-23-9-4-10-24-42)44-31-32-45-46-33-34-51-54(55(46)60(52(45)37-44)53-30-15-16-35-56-53)47-26-11-12-27-48(47)59(51)39-18-5-2-6-19-39/h2-37H,38H2,1H3. The first kappa shape index (κ1) is 35.3. The Morgan fingerprint density at radius 3 is 1.80 bits per heavy atom. The zero-order valence-electron chi connectivity index (χ0n) is 33.7. The van der Waals surface area contributed by atoms with Crippen LogP contribution in [0.15, 0.2) is 219 Å². The van der Waals surface area contributed by atoms with Crippen LogP contribution in [0.1, 0.15) is 0 Å². The summed E-state index contributed by atoms with van der Waals surface area (Å²) in [5.41, 5.74) is 9.48. The van der Waals surface area contributed by atoms with Crippen molar-refractivity contribution in [1.82, 2.24) is 14.1 Å². The lowest BCUT2D eigenvalue weighted by Crippen LogP contribution is -2.74. The van der Waals surface area contributed by atoms with Gasteiger partial charge in [0.2, 0.25) is 0 Å². The Hall–Kier alpha value is -7.67. The zero-order chi connectivity index (χ0) is 40.5. The van der Waals surface area contributed by atoms with Crippen LogP contribution < -0.4 is 30.5 Å². The quantitative estimate of drug-likeness (QED) is 0.119. The molecule has 8 aromatic carbocycles. The van der Waals surface area contributed by atoms with Crippen LogP contribution in [0.2, 0.25) is 0 Å². The van der Waals surface area contributed by atoms with Gasteiger partial charge < -0.3 is 14.4 Å². The summed E-state index contributed by atoms with van der Waals surface area (Å²) in [6.07, 6.45) is 1.91. The van der Waals surface area contributed by atoms with E-state index >= 15 is 0 Å². The number of para-hydroxylation sites is 4. The number of aromatic nitrogens is 3. The molecule has 6 heteroatoms. The summed E-state index contributed by atoms with van der Waals surface area (Å²) < 4.78 is 4.84. The molecule has 61 heavy (non-hydrogen) atoms. The number of hydrogen-bond donors (Lipinski definition) is 0. The molecule has 0 radical (unpaired) electrons. The third-order valence-corrected chi connectivity index (χ3v) is 17.6. The molecule has 4 heterocycles. The van der Waals surface area contributed by atoms with Gasteiger partial charge in [-0.2, -0.15) is 0 Å². The first-order valence-electron chi connectivity index (χ1n) is 21.0. The first-order valence-corrected chi connectivity index (χ1v) is 23.0. The smallest absolute Gasteiger partial charge is 0.179 e. The van der Waals surface area contributed by atoms with Crippen molar-refractivity contribution in [3.63, 3.8) is 0 Å². The van der Waals surface area contributed by atoms with Crippen LogP contribution >= 0.6 is 0 Å². The second-order valence-corrected chi connectivity index (χ2v) is 19.9. The Bertz CT molecular complexity index is 3370. The molecule has 3 aromatic heterocycles. The van der Waals surface area contributed by atoms with Crippen LogP contribution in [-0.4, -0.2) is 35.9 Å². The molecule has 0 unspecified atom stereocenters. The summed E-state index contributed by atoms with van der Waals surface area (Å²) in [5, 5.41) is 10.2. The van der Waals surface area contributed by atoms with E-state index in [1.807, 2.05) is 12.3 Å². The van der Waals surface area contributed by atoms with Gasteiger partial charge in [-0.1, -0.05) is 146 Å². The van der Waals surface area contributed by atoms with Crippen LogP contribution in [0.5, 0.6) is 0 Å². The van der Waals surface area contributed by atoms with E-state index in [2.05, 4.69) is 232 Å². The molecule has 0 spiro atoms. The van der Waals surface area contributed by atoms with Gasteiger partial charge in [-0.3, -0.25) is 4.57 Å². The predicted octanol–water partition coefficient (Wildman–Crippen LogP) is 10.2. The van der Waals surface area contributed by atoms with Crippen molar-refractivity contribution in [2.75, 3.05) is 23.5 Å². The van der Waals surface area contributed by atoms with Crippen molar-refractivity contribution in [2.45, 2.75) is 0 Å². The van der Waals surface area contributed by atoms with Gasteiger partial charge in [0, 0.05) is 46.2 Å². The van der Waals surface area contributed by atoms with Crippen LogP contribution in [0, 0.1) is 0 Å². The van der Waals surface area contributed by atoms with Crippen molar-refractivity contribution in [2.24, 2.45) is 0 Å². The number of benzene rings is 8. The minimum atomic E-state index is -3.00. The maximum atomic E-state index is 5.08. The number of fused-ring (bicyclic) bond motifs is 8. The van der Waals surface area contributed by atoms with E-state index in [0.29, 0.717) is 0 Å². The molecule has 0 aliphatic carbocycles. The highest BCUT2D eigenvalue weighted by Gasteiger charge is 2.42. The molecule has 0 amide bonds. The summed E-state index contributed by atoms with van der Waals surface area (Å²) in [5.74, 6) is 0.897. The summed E-state index contributed by atoms with van der Waals surface area (Å²) in [6, 6.07) is 78.4. The monoisotopic (exact) mass is 799 g/mol. The lowest BCUT2D eigenvalue weighted by molar-refractivity contribution is 0.950. The summed E-state index contributed by atoms with van der Waals surface area (Å²) in [4.78, 5) is 9.86. The Kier molecular flexibility index (Phi) is 8.08. The molecule has 0 N–H and O–H groups in total. The predicted molar refractivity (Wildman–Crippen MR) is 258 cm³/mol. The molecular weight excluding hydrogens is 759 g/mol. The largest absolute Gasteiger partial charge is 0.355 e. The molecular formula is C55H41N5Si. The molecule has 0 fully saturated rings. The average molecular weight is 800 g/mol. The van der Waals surface area contributed by atoms with E-state index in [-0.39, 0.29) is 0 Å². The van der Waals surface area contributed by atoms with Crippen molar-refractivity contribution in [3.05, 3.63) is 219 Å². The zero-order valence-corrected chi connectivity index (χ0v) is 34.7. The van der Waals surface area contributed by atoms with Gasteiger partial charge in [0.05, 0.1) is 40.1 Å². The summed E-state index contributed by atoms with van der Waals surface area (Å²) >= 11 is 0. The van der Waals surface area contributed by atoms with Gasteiger partial charge in [0.15, 0.2) is 8.07 Å². The van der Waals surface area contributed by atoms with Crippen molar-refractivity contribution in [3.8, 4) is 11.5 Å². The fraction of sp³-hybridized carbons (Fsp3) is 0.0364. The Morgan fingerprint density at radius 1 is 0.426 bits per heavy atom. The van der Waals surface area contributed by atoms with Crippen molar-refractivity contribution < 1.29 is 0 Å². The van der Waals surface area contributed by atoms with Gasteiger partial charge in [-0.25, -0.2) is 4.98 Å². The van der Waals surface area contributed by atoms with E-state index in [0.717, 1.165) is 23.7 Å². The topological polar surface area (TPSA) is 29.2 Å². The highest BCUT2D eigenvalue weighted by atomic mass is 28.3. The maximum absolute atomic E-state index is 5.08.